The highest BCUT2D eigenvalue weighted by Gasteiger charge is 2.27. The molecule has 0 radical (unpaired) electrons. The lowest BCUT2D eigenvalue weighted by atomic mass is 9.96. The molecule has 1 amide bonds. The third-order valence-corrected chi connectivity index (χ3v) is 5.58. The molecule has 2 N–H and O–H groups in total. The van der Waals surface area contributed by atoms with Crippen molar-refractivity contribution in [1.82, 2.24) is 15.7 Å². The van der Waals surface area contributed by atoms with Crippen molar-refractivity contribution in [2.45, 2.75) is 12.5 Å². The molecule has 2 aliphatic heterocycles. The van der Waals surface area contributed by atoms with Crippen molar-refractivity contribution >= 4 is 47.2 Å². The minimum absolute atomic E-state index is 0. The lowest BCUT2D eigenvalue weighted by Crippen LogP contribution is -2.29. The monoisotopic (exact) mass is 470 g/mol. The molecule has 1 saturated heterocycles. The van der Waals surface area contributed by atoms with Gasteiger partial charge in [0.05, 0.1) is 41.5 Å². The molecule has 1 aromatic carbocycles. The molecule has 0 aliphatic carbocycles. The van der Waals surface area contributed by atoms with Crippen LogP contribution in [0.4, 0.5) is 0 Å². The summed E-state index contributed by atoms with van der Waals surface area (Å²) in [5, 5.41) is 8.42. The number of nitrogens with zero attached hydrogens (tertiary/aromatic N) is 2. The third kappa shape index (κ3) is 5.42. The van der Waals surface area contributed by atoms with Gasteiger partial charge in [0, 0.05) is 36.8 Å². The molecular weight excluding hydrogens is 451 g/mol. The standard InChI is InChI=1S/C20H20Cl2N4O3.ClH/c21-15-2-1-13(7-16(15)22)20-14(10-23-5-6-28-20)11-29-19-8-12(3-4-24-19)17-9-18(27)26-25-17;/h1-4,7-8,14,20,23H,5-6,9-11H2,(H,26,27);1H/t14-,20-;/m0./s1. The van der Waals surface area contributed by atoms with Crippen LogP contribution in [0.3, 0.4) is 0 Å². The summed E-state index contributed by atoms with van der Waals surface area (Å²) in [6, 6.07) is 9.15. The first-order chi connectivity index (χ1) is 14.1. The topological polar surface area (TPSA) is 84.8 Å². The van der Waals surface area contributed by atoms with Crippen LogP contribution in [0.2, 0.25) is 10.0 Å². The van der Waals surface area contributed by atoms with Crippen LogP contribution in [0.15, 0.2) is 41.6 Å². The zero-order valence-electron chi connectivity index (χ0n) is 15.9. The number of hydrazone groups is 1. The normalized spacial score (nSPS) is 21.3. The number of ether oxygens (including phenoxy) is 2. The molecule has 10 heteroatoms. The Morgan fingerprint density at radius 2 is 2.07 bits per heavy atom. The van der Waals surface area contributed by atoms with Gasteiger partial charge in [0.25, 0.3) is 0 Å². The predicted molar refractivity (Wildman–Crippen MR) is 118 cm³/mol. The summed E-state index contributed by atoms with van der Waals surface area (Å²) in [6.07, 6.45) is 1.72. The highest BCUT2D eigenvalue weighted by molar-refractivity contribution is 6.42. The second-order valence-electron chi connectivity index (χ2n) is 6.89. The third-order valence-electron chi connectivity index (χ3n) is 4.84. The minimum Gasteiger partial charge on any atom is -0.477 e. The molecule has 2 aromatic rings. The van der Waals surface area contributed by atoms with E-state index in [1.807, 2.05) is 12.1 Å². The van der Waals surface area contributed by atoms with Gasteiger partial charge in [-0.3, -0.25) is 4.79 Å². The van der Waals surface area contributed by atoms with E-state index in [9.17, 15) is 4.79 Å². The van der Waals surface area contributed by atoms with Gasteiger partial charge in [-0.1, -0.05) is 29.3 Å². The predicted octanol–water partition coefficient (Wildman–Crippen LogP) is 3.39. The zero-order valence-corrected chi connectivity index (χ0v) is 18.3. The highest BCUT2D eigenvalue weighted by atomic mass is 35.5. The van der Waals surface area contributed by atoms with E-state index in [1.54, 1.807) is 24.4 Å². The number of pyridine rings is 1. The number of aromatic nitrogens is 1. The summed E-state index contributed by atoms with van der Waals surface area (Å²) >= 11 is 12.3. The Labute approximate surface area is 190 Å². The van der Waals surface area contributed by atoms with Gasteiger partial charge in [-0.15, -0.1) is 12.4 Å². The first-order valence-corrected chi connectivity index (χ1v) is 10.1. The Hall–Kier alpha value is -1.90. The molecule has 7 nitrogen and oxygen atoms in total. The second-order valence-corrected chi connectivity index (χ2v) is 7.71. The van der Waals surface area contributed by atoms with E-state index >= 15 is 0 Å². The summed E-state index contributed by atoms with van der Waals surface area (Å²) < 4.78 is 12.1. The fourth-order valence-electron chi connectivity index (χ4n) is 3.38. The van der Waals surface area contributed by atoms with Crippen LogP contribution < -0.4 is 15.5 Å². The van der Waals surface area contributed by atoms with Crippen LogP contribution in [0.1, 0.15) is 23.7 Å². The van der Waals surface area contributed by atoms with E-state index in [-0.39, 0.29) is 36.8 Å². The van der Waals surface area contributed by atoms with Crippen molar-refractivity contribution in [2.24, 2.45) is 11.0 Å². The van der Waals surface area contributed by atoms with Crippen molar-refractivity contribution in [3.8, 4) is 5.88 Å². The average Bonchev–Trinajstić information content (AvgIpc) is 3.02. The number of carbonyl (C=O) groups excluding carboxylic acids is 1. The number of hydrogen-bond donors (Lipinski definition) is 2. The smallest absolute Gasteiger partial charge is 0.246 e. The van der Waals surface area contributed by atoms with E-state index in [0.717, 1.165) is 24.2 Å². The van der Waals surface area contributed by atoms with Gasteiger partial charge in [0.1, 0.15) is 0 Å². The van der Waals surface area contributed by atoms with Gasteiger partial charge in [-0.2, -0.15) is 5.10 Å². The Balaban J connectivity index is 0.00000256. The van der Waals surface area contributed by atoms with E-state index in [4.69, 9.17) is 32.7 Å². The van der Waals surface area contributed by atoms with Gasteiger partial charge >= 0.3 is 0 Å². The van der Waals surface area contributed by atoms with Crippen LogP contribution in [0.5, 0.6) is 5.88 Å². The minimum atomic E-state index is -0.177. The first-order valence-electron chi connectivity index (χ1n) is 9.32. The fraction of sp³-hybridized carbons (Fsp3) is 0.350. The van der Waals surface area contributed by atoms with Crippen molar-refractivity contribution in [1.29, 1.82) is 0 Å². The van der Waals surface area contributed by atoms with Crippen molar-refractivity contribution in [3.63, 3.8) is 0 Å². The number of hydrogen-bond acceptors (Lipinski definition) is 6. The summed E-state index contributed by atoms with van der Waals surface area (Å²) in [5.41, 5.74) is 4.90. The Bertz CT molecular complexity index is 941. The van der Waals surface area contributed by atoms with E-state index in [1.165, 1.54) is 0 Å². The molecule has 2 aliphatic rings. The molecule has 1 aromatic heterocycles. The van der Waals surface area contributed by atoms with E-state index in [0.29, 0.717) is 34.9 Å². The summed E-state index contributed by atoms with van der Waals surface area (Å²) in [4.78, 5) is 15.7. The van der Waals surface area contributed by atoms with Crippen LogP contribution in [-0.4, -0.2) is 42.9 Å². The van der Waals surface area contributed by atoms with E-state index in [2.05, 4.69) is 20.8 Å². The highest BCUT2D eigenvalue weighted by Crippen LogP contribution is 2.32. The lowest BCUT2D eigenvalue weighted by Gasteiger charge is -2.25. The van der Waals surface area contributed by atoms with Crippen LogP contribution >= 0.6 is 35.6 Å². The van der Waals surface area contributed by atoms with Gasteiger partial charge in [-0.25, -0.2) is 10.4 Å². The van der Waals surface area contributed by atoms with E-state index < -0.39 is 0 Å². The van der Waals surface area contributed by atoms with Crippen LogP contribution in [0.25, 0.3) is 0 Å². The number of amides is 1. The van der Waals surface area contributed by atoms with Gasteiger partial charge in [-0.05, 0) is 23.8 Å². The molecule has 4 rings (SSSR count). The molecule has 0 saturated carbocycles. The van der Waals surface area contributed by atoms with Gasteiger partial charge in [0.15, 0.2) is 0 Å². The number of carbonyl (C=O) groups is 1. The molecule has 0 spiro atoms. The second kappa shape index (κ2) is 10.4. The number of benzene rings is 1. The Morgan fingerprint density at radius 1 is 1.20 bits per heavy atom. The maximum Gasteiger partial charge on any atom is 0.246 e. The van der Waals surface area contributed by atoms with Crippen molar-refractivity contribution in [3.05, 3.63) is 57.7 Å². The average molecular weight is 472 g/mol. The molecule has 30 heavy (non-hydrogen) atoms. The maximum atomic E-state index is 11.4. The quantitative estimate of drug-likeness (QED) is 0.698. The lowest BCUT2D eigenvalue weighted by molar-refractivity contribution is -0.119. The number of nitrogens with one attached hydrogen (secondary N) is 2. The summed E-state index contributed by atoms with van der Waals surface area (Å²) in [7, 11) is 0. The Morgan fingerprint density at radius 3 is 2.83 bits per heavy atom. The molecule has 0 bridgehead atoms. The number of rotatable bonds is 5. The molecule has 3 heterocycles. The maximum absolute atomic E-state index is 11.4. The first kappa shape index (κ1) is 22.8. The van der Waals surface area contributed by atoms with Crippen LogP contribution in [0, 0.1) is 5.92 Å². The molecular formula is C20H21Cl3N4O3. The van der Waals surface area contributed by atoms with Gasteiger partial charge < -0.3 is 14.8 Å². The molecule has 2 atom stereocenters. The zero-order chi connectivity index (χ0) is 20.2. The summed E-state index contributed by atoms with van der Waals surface area (Å²) in [5.74, 6) is 0.402. The number of halogens is 3. The summed E-state index contributed by atoms with van der Waals surface area (Å²) in [6.45, 7) is 2.49. The van der Waals surface area contributed by atoms with Crippen LogP contribution in [-0.2, 0) is 9.53 Å². The fourth-order valence-corrected chi connectivity index (χ4v) is 3.69. The molecule has 1 fully saturated rings. The Kier molecular flexibility index (Phi) is 7.91. The SMILES string of the molecule is Cl.O=C1CC(c2ccnc(OC[C@@H]3CNCCO[C@H]3c3ccc(Cl)c(Cl)c3)c2)=NN1. The molecule has 160 valence electrons. The van der Waals surface area contributed by atoms with Crippen molar-refractivity contribution < 1.29 is 14.3 Å². The van der Waals surface area contributed by atoms with Gasteiger partial charge in [0.2, 0.25) is 11.8 Å². The molecule has 0 unspecified atom stereocenters. The van der Waals surface area contributed by atoms with Crippen molar-refractivity contribution in [2.75, 3.05) is 26.3 Å². The largest absolute Gasteiger partial charge is 0.477 e.